The summed E-state index contributed by atoms with van der Waals surface area (Å²) in [5, 5.41) is 2.44. The van der Waals surface area contributed by atoms with E-state index >= 15 is 0 Å². The molecular formula is C13H25NO5. The molecule has 0 unspecified atom stereocenters. The second-order valence-corrected chi connectivity index (χ2v) is 5.18. The second-order valence-electron chi connectivity index (χ2n) is 5.18. The standard InChI is InChI=1S/C13H25NO5/c1-6-7-8-18-11(15)10(9-17-5)14-12(16)19-13(2,3)4/h10H,6-9H2,1-5H3,(H,14,16)/t10-/m0/s1. The van der Waals surface area contributed by atoms with Crippen LogP contribution in [0.25, 0.3) is 0 Å². The second kappa shape index (κ2) is 8.74. The van der Waals surface area contributed by atoms with Crippen LogP contribution < -0.4 is 5.32 Å². The minimum atomic E-state index is -0.850. The first-order valence-corrected chi connectivity index (χ1v) is 6.45. The average Bonchev–Trinajstić information content (AvgIpc) is 2.26. The van der Waals surface area contributed by atoms with Gasteiger partial charge in [0.15, 0.2) is 6.04 Å². The van der Waals surface area contributed by atoms with Gasteiger partial charge in [0.25, 0.3) is 0 Å². The van der Waals surface area contributed by atoms with Gasteiger partial charge in [-0.25, -0.2) is 9.59 Å². The summed E-state index contributed by atoms with van der Waals surface area (Å²) in [7, 11) is 1.45. The van der Waals surface area contributed by atoms with Crippen LogP contribution in [0.4, 0.5) is 4.79 Å². The zero-order valence-electron chi connectivity index (χ0n) is 12.4. The van der Waals surface area contributed by atoms with Gasteiger partial charge in [-0.2, -0.15) is 0 Å². The lowest BCUT2D eigenvalue weighted by Crippen LogP contribution is -2.46. The molecule has 0 aliphatic rings. The van der Waals surface area contributed by atoms with Crippen LogP contribution in [0.15, 0.2) is 0 Å². The van der Waals surface area contributed by atoms with Crippen molar-refractivity contribution in [1.82, 2.24) is 5.32 Å². The number of nitrogens with one attached hydrogen (secondary N) is 1. The van der Waals surface area contributed by atoms with E-state index in [2.05, 4.69) is 5.32 Å². The van der Waals surface area contributed by atoms with Gasteiger partial charge in [0.05, 0.1) is 13.2 Å². The van der Waals surface area contributed by atoms with Crippen molar-refractivity contribution in [1.29, 1.82) is 0 Å². The maximum absolute atomic E-state index is 11.7. The van der Waals surface area contributed by atoms with Crippen molar-refractivity contribution >= 4 is 12.1 Å². The number of carbonyl (C=O) groups excluding carboxylic acids is 2. The Morgan fingerprint density at radius 3 is 2.37 bits per heavy atom. The van der Waals surface area contributed by atoms with Crippen LogP contribution in [0.3, 0.4) is 0 Å². The summed E-state index contributed by atoms with van der Waals surface area (Å²) in [6.07, 6.45) is 1.06. The first kappa shape index (κ1) is 17.7. The summed E-state index contributed by atoms with van der Waals surface area (Å²) in [4.78, 5) is 23.3. The van der Waals surface area contributed by atoms with Crippen molar-refractivity contribution in [3.63, 3.8) is 0 Å². The Morgan fingerprint density at radius 2 is 1.89 bits per heavy atom. The third-order valence-electron chi connectivity index (χ3n) is 2.05. The summed E-state index contributed by atoms with van der Waals surface area (Å²) < 4.78 is 15.0. The minimum absolute atomic E-state index is 0.0458. The van der Waals surface area contributed by atoms with Gasteiger partial charge in [-0.3, -0.25) is 0 Å². The molecule has 0 spiro atoms. The van der Waals surface area contributed by atoms with Crippen molar-refractivity contribution in [3.8, 4) is 0 Å². The summed E-state index contributed by atoms with van der Waals surface area (Å²) in [5.41, 5.74) is -0.617. The highest BCUT2D eigenvalue weighted by atomic mass is 16.6. The van der Waals surface area contributed by atoms with Gasteiger partial charge in [-0.05, 0) is 27.2 Å². The van der Waals surface area contributed by atoms with Gasteiger partial charge in [-0.15, -0.1) is 0 Å². The molecular weight excluding hydrogens is 250 g/mol. The molecule has 0 aliphatic carbocycles. The highest BCUT2D eigenvalue weighted by molar-refractivity contribution is 5.81. The van der Waals surface area contributed by atoms with E-state index in [9.17, 15) is 9.59 Å². The van der Waals surface area contributed by atoms with Crippen molar-refractivity contribution < 1.29 is 23.8 Å². The van der Waals surface area contributed by atoms with Gasteiger partial charge < -0.3 is 19.5 Å². The monoisotopic (exact) mass is 275 g/mol. The van der Waals surface area contributed by atoms with Crippen LogP contribution in [0.5, 0.6) is 0 Å². The molecule has 0 saturated carbocycles. The Kier molecular flexibility index (Phi) is 8.14. The van der Waals surface area contributed by atoms with Crippen LogP contribution >= 0.6 is 0 Å². The molecule has 1 N–H and O–H groups in total. The zero-order chi connectivity index (χ0) is 14.9. The Labute approximate surface area is 114 Å². The number of carbonyl (C=O) groups is 2. The molecule has 1 atom stereocenters. The Balaban J connectivity index is 4.31. The Bertz CT molecular complexity index is 285. The van der Waals surface area contributed by atoms with Crippen molar-refractivity contribution in [2.24, 2.45) is 0 Å². The molecule has 0 aliphatic heterocycles. The quantitative estimate of drug-likeness (QED) is 0.567. The number of unbranched alkanes of at least 4 members (excludes halogenated alkanes) is 1. The fourth-order valence-corrected chi connectivity index (χ4v) is 1.20. The molecule has 112 valence electrons. The van der Waals surface area contributed by atoms with Crippen molar-refractivity contribution in [2.75, 3.05) is 20.3 Å². The van der Waals surface area contributed by atoms with Crippen molar-refractivity contribution in [3.05, 3.63) is 0 Å². The first-order chi connectivity index (χ1) is 8.80. The number of esters is 1. The molecule has 0 heterocycles. The van der Waals surface area contributed by atoms with E-state index in [4.69, 9.17) is 14.2 Å². The molecule has 19 heavy (non-hydrogen) atoms. The SMILES string of the molecule is CCCCOC(=O)[C@H](COC)NC(=O)OC(C)(C)C. The summed E-state index contributed by atoms with van der Waals surface area (Å²) >= 11 is 0. The zero-order valence-corrected chi connectivity index (χ0v) is 12.4. The van der Waals surface area contributed by atoms with E-state index < -0.39 is 23.7 Å². The van der Waals surface area contributed by atoms with Crippen LogP contribution in [-0.4, -0.2) is 44.0 Å². The normalized spacial score (nSPS) is 12.7. The lowest BCUT2D eigenvalue weighted by molar-refractivity contribution is -0.147. The number of alkyl carbamates (subject to hydrolysis) is 1. The number of amides is 1. The van der Waals surface area contributed by atoms with Gasteiger partial charge in [0.1, 0.15) is 5.60 Å². The molecule has 0 aromatic rings. The van der Waals surface area contributed by atoms with E-state index in [-0.39, 0.29) is 6.61 Å². The summed E-state index contributed by atoms with van der Waals surface area (Å²) in [6, 6.07) is -0.850. The van der Waals surface area contributed by atoms with Crippen LogP contribution in [0, 0.1) is 0 Å². The number of rotatable bonds is 7. The van der Waals surface area contributed by atoms with Crippen molar-refractivity contribution in [2.45, 2.75) is 52.2 Å². The maximum atomic E-state index is 11.7. The molecule has 6 heteroatoms. The molecule has 0 saturated heterocycles. The van der Waals surface area contributed by atoms with Gasteiger partial charge >= 0.3 is 12.1 Å². The van der Waals surface area contributed by atoms with E-state index in [1.165, 1.54) is 7.11 Å². The van der Waals surface area contributed by atoms with Crippen LogP contribution in [0.1, 0.15) is 40.5 Å². The highest BCUT2D eigenvalue weighted by Gasteiger charge is 2.25. The van der Waals surface area contributed by atoms with Gasteiger partial charge in [0, 0.05) is 7.11 Å². The predicted molar refractivity (Wildman–Crippen MR) is 70.9 cm³/mol. The third kappa shape index (κ3) is 9.30. The fourth-order valence-electron chi connectivity index (χ4n) is 1.20. The van der Waals surface area contributed by atoms with E-state index in [1.807, 2.05) is 6.92 Å². The topological polar surface area (TPSA) is 73.9 Å². The maximum Gasteiger partial charge on any atom is 0.408 e. The summed E-state index contributed by atoms with van der Waals surface area (Å²) in [5.74, 6) is -0.513. The van der Waals surface area contributed by atoms with Crippen LogP contribution in [0.2, 0.25) is 0 Å². The van der Waals surface area contributed by atoms with E-state index in [0.29, 0.717) is 6.61 Å². The van der Waals surface area contributed by atoms with Gasteiger partial charge in [0.2, 0.25) is 0 Å². The number of hydrogen-bond acceptors (Lipinski definition) is 5. The molecule has 0 fully saturated rings. The number of methoxy groups -OCH3 is 1. The molecule has 0 aromatic heterocycles. The fraction of sp³-hybridized carbons (Fsp3) is 0.846. The largest absolute Gasteiger partial charge is 0.464 e. The smallest absolute Gasteiger partial charge is 0.408 e. The first-order valence-electron chi connectivity index (χ1n) is 6.45. The Hall–Kier alpha value is -1.30. The molecule has 0 rings (SSSR count). The molecule has 6 nitrogen and oxygen atoms in total. The highest BCUT2D eigenvalue weighted by Crippen LogP contribution is 2.07. The number of hydrogen-bond donors (Lipinski definition) is 1. The average molecular weight is 275 g/mol. The molecule has 1 amide bonds. The lowest BCUT2D eigenvalue weighted by atomic mass is 10.2. The number of ether oxygens (including phenoxy) is 3. The van der Waals surface area contributed by atoms with E-state index in [1.54, 1.807) is 20.8 Å². The minimum Gasteiger partial charge on any atom is -0.464 e. The molecule has 0 bridgehead atoms. The predicted octanol–water partition coefficient (Wildman–Crippen LogP) is 1.87. The summed E-state index contributed by atoms with van der Waals surface area (Å²) in [6.45, 7) is 7.63. The van der Waals surface area contributed by atoms with E-state index in [0.717, 1.165) is 12.8 Å². The third-order valence-corrected chi connectivity index (χ3v) is 2.05. The molecule has 0 aromatic carbocycles. The lowest BCUT2D eigenvalue weighted by Gasteiger charge is -2.22. The Morgan fingerprint density at radius 1 is 1.26 bits per heavy atom. The van der Waals surface area contributed by atoms with Gasteiger partial charge in [-0.1, -0.05) is 13.3 Å². The molecule has 0 radical (unpaired) electrons. The van der Waals surface area contributed by atoms with Crippen LogP contribution in [-0.2, 0) is 19.0 Å².